The molecular weight excluding hydrogens is 173 g/mol. The van der Waals surface area contributed by atoms with Crippen LogP contribution in [0.4, 0.5) is 13.2 Å². The summed E-state index contributed by atoms with van der Waals surface area (Å²) in [5.41, 5.74) is -2.62. The minimum Gasteiger partial charge on any atom is -0.222 e. The van der Waals surface area contributed by atoms with Gasteiger partial charge in [-0.25, -0.2) is 4.39 Å². The van der Waals surface area contributed by atoms with E-state index in [0.717, 1.165) is 0 Å². The summed E-state index contributed by atoms with van der Waals surface area (Å²) in [6, 6.07) is 0. The van der Waals surface area contributed by atoms with E-state index < -0.39 is 10.9 Å². The Labute approximate surface area is 60.8 Å². The maximum absolute atomic E-state index is 12.0. The third-order valence-electron chi connectivity index (χ3n) is 0.549. The molecule has 1 radical (unpaired) electrons. The van der Waals surface area contributed by atoms with Gasteiger partial charge in [0, 0.05) is 0 Å². The molecule has 9 heavy (non-hydrogen) atoms. The minimum absolute atomic E-state index is 0.0903. The highest BCUT2D eigenvalue weighted by Crippen LogP contribution is 2.35. The van der Waals surface area contributed by atoms with Crippen LogP contribution in [0.2, 0.25) is 0 Å². The molecule has 55 valence electrons. The summed E-state index contributed by atoms with van der Waals surface area (Å²) in [6.45, 7) is 3.11. The second-order valence-corrected chi connectivity index (χ2v) is 2.84. The minimum atomic E-state index is -3.50. The van der Waals surface area contributed by atoms with Crippen molar-refractivity contribution in [3.63, 3.8) is 0 Å². The molecule has 0 aromatic rings. The van der Waals surface area contributed by atoms with Crippen molar-refractivity contribution in [1.29, 1.82) is 0 Å². The van der Waals surface area contributed by atoms with Gasteiger partial charge >= 0.3 is 5.25 Å². The standard InChI is InChI=1S/C4H5ClF3S/c1-2-9-4(7,8)3(5)6/h3H,1-2H2/t3-/m1/s1. The third kappa shape index (κ3) is 3.20. The first kappa shape index (κ1) is 9.43. The Morgan fingerprint density at radius 2 is 2.11 bits per heavy atom. The first-order chi connectivity index (χ1) is 4.00. The van der Waals surface area contributed by atoms with Crippen molar-refractivity contribution < 1.29 is 13.2 Å². The van der Waals surface area contributed by atoms with E-state index in [9.17, 15) is 13.2 Å². The Balaban J connectivity index is 3.70. The van der Waals surface area contributed by atoms with Gasteiger partial charge in [0.1, 0.15) is 0 Å². The predicted octanol–water partition coefficient (Wildman–Crippen LogP) is 2.68. The van der Waals surface area contributed by atoms with Crippen molar-refractivity contribution in [3.8, 4) is 0 Å². The van der Waals surface area contributed by atoms with Gasteiger partial charge in [-0.05, 0) is 12.7 Å². The maximum Gasteiger partial charge on any atom is 0.338 e. The number of halogens is 4. The molecule has 0 aliphatic carbocycles. The van der Waals surface area contributed by atoms with Crippen molar-refractivity contribution >= 4 is 23.4 Å². The molecule has 0 bridgehead atoms. The Morgan fingerprint density at radius 3 is 2.22 bits per heavy atom. The summed E-state index contributed by atoms with van der Waals surface area (Å²) in [5, 5.41) is -3.50. The molecule has 0 aliphatic rings. The van der Waals surface area contributed by atoms with Gasteiger partial charge in [0.05, 0.1) is 0 Å². The molecular formula is C4H5ClF3S. The van der Waals surface area contributed by atoms with Crippen LogP contribution in [-0.2, 0) is 0 Å². The lowest BCUT2D eigenvalue weighted by molar-refractivity contribution is 0.0539. The summed E-state index contributed by atoms with van der Waals surface area (Å²) in [4.78, 5) is 0. The van der Waals surface area contributed by atoms with E-state index in [1.165, 1.54) is 0 Å². The highest BCUT2D eigenvalue weighted by molar-refractivity contribution is 8.00. The molecule has 5 heteroatoms. The van der Waals surface area contributed by atoms with Crippen LogP contribution in [0.3, 0.4) is 0 Å². The smallest absolute Gasteiger partial charge is 0.222 e. The fourth-order valence-corrected chi connectivity index (χ4v) is 0.786. The molecule has 0 aromatic carbocycles. The second-order valence-electron chi connectivity index (χ2n) is 1.21. The van der Waals surface area contributed by atoms with Crippen molar-refractivity contribution in [2.24, 2.45) is 0 Å². The average molecular weight is 178 g/mol. The quantitative estimate of drug-likeness (QED) is 0.598. The fraction of sp³-hybridized carbons (Fsp3) is 0.750. The Hall–Kier alpha value is 0.430. The lowest BCUT2D eigenvalue weighted by Crippen LogP contribution is -2.20. The van der Waals surface area contributed by atoms with Crippen LogP contribution in [0.1, 0.15) is 0 Å². The Bertz CT molecular complexity index is 85.9. The van der Waals surface area contributed by atoms with E-state index in [2.05, 4.69) is 18.5 Å². The van der Waals surface area contributed by atoms with E-state index in [1.807, 2.05) is 0 Å². The van der Waals surface area contributed by atoms with Crippen LogP contribution >= 0.6 is 23.4 Å². The zero-order valence-corrected chi connectivity index (χ0v) is 5.98. The molecule has 0 rings (SSSR count). The number of thioether (sulfide) groups is 1. The van der Waals surface area contributed by atoms with E-state index in [-0.39, 0.29) is 17.5 Å². The van der Waals surface area contributed by atoms with Gasteiger partial charge in [0.25, 0.3) is 0 Å². The van der Waals surface area contributed by atoms with E-state index >= 15 is 0 Å². The van der Waals surface area contributed by atoms with Gasteiger partial charge in [-0.3, -0.25) is 0 Å². The fourth-order valence-electron chi connectivity index (χ4n) is 0.199. The monoisotopic (exact) mass is 177 g/mol. The zero-order chi connectivity index (χ0) is 7.49. The van der Waals surface area contributed by atoms with E-state index in [4.69, 9.17) is 0 Å². The number of alkyl halides is 4. The first-order valence-electron chi connectivity index (χ1n) is 2.10. The number of hydrogen-bond acceptors (Lipinski definition) is 1. The first-order valence-corrected chi connectivity index (χ1v) is 3.52. The summed E-state index contributed by atoms with van der Waals surface area (Å²) in [6.07, 6.45) is 0. The lowest BCUT2D eigenvalue weighted by atomic mass is 10.8. The molecule has 0 aromatic heterocycles. The summed E-state index contributed by atoms with van der Waals surface area (Å²) >= 11 is 4.57. The molecule has 0 fully saturated rings. The molecule has 0 saturated heterocycles. The number of rotatable bonds is 3. The topological polar surface area (TPSA) is 0 Å². The summed E-state index contributed by atoms with van der Waals surface area (Å²) in [5.74, 6) is -0.0971. The van der Waals surface area contributed by atoms with Crippen LogP contribution in [0.15, 0.2) is 0 Å². The zero-order valence-electron chi connectivity index (χ0n) is 4.41. The van der Waals surface area contributed by atoms with Crippen LogP contribution in [0.25, 0.3) is 0 Å². The van der Waals surface area contributed by atoms with Crippen molar-refractivity contribution in [3.05, 3.63) is 6.92 Å². The summed E-state index contributed by atoms with van der Waals surface area (Å²) < 4.78 is 35.6. The van der Waals surface area contributed by atoms with Crippen LogP contribution < -0.4 is 0 Å². The normalized spacial score (nSPS) is 15.7. The molecule has 0 amide bonds. The maximum atomic E-state index is 12.0. The average Bonchev–Trinajstić information content (AvgIpc) is 1.65. The van der Waals surface area contributed by atoms with Gasteiger partial charge in [0.2, 0.25) is 5.63 Å². The largest absolute Gasteiger partial charge is 0.338 e. The van der Waals surface area contributed by atoms with E-state index in [1.54, 1.807) is 0 Å². The molecule has 1 atom stereocenters. The van der Waals surface area contributed by atoms with Gasteiger partial charge in [-0.2, -0.15) is 8.78 Å². The van der Waals surface area contributed by atoms with Crippen molar-refractivity contribution in [2.75, 3.05) is 5.75 Å². The third-order valence-corrected chi connectivity index (χ3v) is 1.75. The van der Waals surface area contributed by atoms with E-state index in [0.29, 0.717) is 0 Å². The lowest BCUT2D eigenvalue weighted by Gasteiger charge is -2.13. The molecule has 0 aliphatic heterocycles. The highest BCUT2D eigenvalue weighted by atomic mass is 35.5. The molecule has 0 saturated carbocycles. The van der Waals surface area contributed by atoms with Gasteiger partial charge in [-0.15, -0.1) is 0 Å². The summed E-state index contributed by atoms with van der Waals surface area (Å²) in [7, 11) is 0. The Morgan fingerprint density at radius 1 is 1.67 bits per heavy atom. The molecule has 0 heterocycles. The van der Waals surface area contributed by atoms with Crippen molar-refractivity contribution in [2.45, 2.75) is 10.9 Å². The van der Waals surface area contributed by atoms with Gasteiger partial charge < -0.3 is 0 Å². The molecule has 0 nitrogen and oxygen atoms in total. The van der Waals surface area contributed by atoms with Crippen LogP contribution in [0.5, 0.6) is 0 Å². The Kier molecular flexibility index (Phi) is 3.73. The van der Waals surface area contributed by atoms with Crippen LogP contribution in [0, 0.1) is 6.92 Å². The molecule has 0 unspecified atom stereocenters. The predicted molar refractivity (Wildman–Crippen MR) is 33.5 cm³/mol. The highest BCUT2D eigenvalue weighted by Gasteiger charge is 2.38. The second kappa shape index (κ2) is 3.56. The van der Waals surface area contributed by atoms with Gasteiger partial charge in [0.15, 0.2) is 0 Å². The van der Waals surface area contributed by atoms with Gasteiger partial charge in [-0.1, -0.05) is 23.4 Å². The van der Waals surface area contributed by atoms with Crippen LogP contribution in [-0.4, -0.2) is 16.6 Å². The number of hydrogen-bond donors (Lipinski definition) is 0. The molecule has 0 spiro atoms. The van der Waals surface area contributed by atoms with Crippen molar-refractivity contribution in [1.82, 2.24) is 0 Å². The molecule has 0 N–H and O–H groups in total. The SMILES string of the molecule is [CH2]CSC(F)(F)[C@@H](F)Cl.